The molecule has 8 heteroatoms. The first kappa shape index (κ1) is 14.9. The van der Waals surface area contributed by atoms with Crippen molar-refractivity contribution in [1.82, 2.24) is 10.3 Å². The Bertz CT molecular complexity index is 657. The normalized spacial score (nSPS) is 11.9. The van der Waals surface area contributed by atoms with Gasteiger partial charge in [0.15, 0.2) is 0 Å². The van der Waals surface area contributed by atoms with E-state index in [4.69, 9.17) is 5.73 Å². The van der Waals surface area contributed by atoms with Gasteiger partial charge in [0.05, 0.1) is 9.93 Å². The van der Waals surface area contributed by atoms with E-state index in [1.165, 1.54) is 29.5 Å². The van der Waals surface area contributed by atoms with Crippen LogP contribution in [0.25, 0.3) is 0 Å². The van der Waals surface area contributed by atoms with Crippen molar-refractivity contribution in [1.29, 1.82) is 0 Å². The van der Waals surface area contributed by atoms with E-state index in [1.54, 1.807) is 6.20 Å². The Morgan fingerprint density at radius 2 is 2.33 bits per heavy atom. The zero-order chi connectivity index (χ0) is 15.4. The van der Waals surface area contributed by atoms with Crippen LogP contribution in [0, 0.1) is 10.1 Å². The maximum absolute atomic E-state index is 12.1. The number of anilines is 1. The Labute approximate surface area is 125 Å². The number of nitro benzene ring substituents is 1. The van der Waals surface area contributed by atoms with E-state index in [-0.39, 0.29) is 22.9 Å². The smallest absolute Gasteiger partial charge is 0.304 e. The molecule has 2 rings (SSSR count). The minimum absolute atomic E-state index is 0.0272. The number of nitrogen functional groups attached to an aromatic ring is 1. The first-order valence-corrected chi connectivity index (χ1v) is 7.09. The number of para-hydroxylation sites is 1. The average molecular weight is 306 g/mol. The third kappa shape index (κ3) is 3.34. The van der Waals surface area contributed by atoms with Crippen LogP contribution in [0.15, 0.2) is 29.8 Å². The molecule has 1 heterocycles. The fourth-order valence-electron chi connectivity index (χ4n) is 1.85. The molecule has 0 spiro atoms. The minimum atomic E-state index is -0.644. The van der Waals surface area contributed by atoms with Crippen molar-refractivity contribution < 1.29 is 9.72 Å². The van der Waals surface area contributed by atoms with Gasteiger partial charge < -0.3 is 11.1 Å². The van der Waals surface area contributed by atoms with E-state index in [9.17, 15) is 14.9 Å². The molecule has 0 aliphatic rings. The summed E-state index contributed by atoms with van der Waals surface area (Å²) < 4.78 is 0. The van der Waals surface area contributed by atoms with Crippen molar-refractivity contribution in [2.24, 2.45) is 0 Å². The van der Waals surface area contributed by atoms with Gasteiger partial charge in [0.2, 0.25) is 0 Å². The highest BCUT2D eigenvalue weighted by atomic mass is 32.1. The summed E-state index contributed by atoms with van der Waals surface area (Å²) >= 11 is 1.50. The van der Waals surface area contributed by atoms with Crippen molar-refractivity contribution in [3.63, 3.8) is 0 Å². The minimum Gasteiger partial charge on any atom is -0.393 e. The van der Waals surface area contributed by atoms with Gasteiger partial charge in [-0.1, -0.05) is 13.0 Å². The number of aromatic nitrogens is 1. The van der Waals surface area contributed by atoms with Crippen LogP contribution in [0.2, 0.25) is 0 Å². The Kier molecular flexibility index (Phi) is 4.49. The number of carbonyl (C=O) groups excluding carboxylic acids is 1. The third-order valence-corrected chi connectivity index (χ3v) is 3.94. The molecule has 1 amide bonds. The second kappa shape index (κ2) is 6.31. The van der Waals surface area contributed by atoms with Gasteiger partial charge in [-0.25, -0.2) is 4.98 Å². The molecule has 0 aliphatic carbocycles. The zero-order valence-corrected chi connectivity index (χ0v) is 12.1. The van der Waals surface area contributed by atoms with Crippen molar-refractivity contribution >= 4 is 28.6 Å². The van der Waals surface area contributed by atoms with Crippen LogP contribution in [0.4, 0.5) is 11.4 Å². The lowest BCUT2D eigenvalue weighted by Gasteiger charge is -2.10. The summed E-state index contributed by atoms with van der Waals surface area (Å²) in [5, 5.41) is 16.4. The van der Waals surface area contributed by atoms with Crippen LogP contribution in [-0.4, -0.2) is 22.4 Å². The number of benzene rings is 1. The number of hydrogen-bond acceptors (Lipinski definition) is 6. The lowest BCUT2D eigenvalue weighted by Crippen LogP contribution is -2.28. The van der Waals surface area contributed by atoms with Gasteiger partial charge >= 0.3 is 5.69 Å². The topological polar surface area (TPSA) is 111 Å². The molecule has 3 N–H and O–H groups in total. The van der Waals surface area contributed by atoms with Crippen molar-refractivity contribution in [2.45, 2.75) is 12.8 Å². The summed E-state index contributed by atoms with van der Waals surface area (Å²) in [6.07, 6.45) is 1.70. The Morgan fingerprint density at radius 1 is 1.57 bits per heavy atom. The molecular formula is C13H14N4O3S. The third-order valence-electron chi connectivity index (χ3n) is 2.94. The van der Waals surface area contributed by atoms with Gasteiger partial charge in [0, 0.05) is 24.0 Å². The maximum Gasteiger partial charge on any atom is 0.304 e. The monoisotopic (exact) mass is 306 g/mol. The average Bonchev–Trinajstić information content (AvgIpc) is 2.97. The molecule has 1 unspecified atom stereocenters. The summed E-state index contributed by atoms with van der Waals surface area (Å²) in [5.41, 5.74) is 5.14. The maximum atomic E-state index is 12.1. The summed E-state index contributed by atoms with van der Waals surface area (Å²) in [5.74, 6) is -0.480. The van der Waals surface area contributed by atoms with Crippen molar-refractivity contribution in [2.75, 3.05) is 12.3 Å². The van der Waals surface area contributed by atoms with Crippen molar-refractivity contribution in [3.05, 3.63) is 50.5 Å². The molecule has 110 valence electrons. The number of amides is 1. The van der Waals surface area contributed by atoms with Crippen LogP contribution in [0.5, 0.6) is 0 Å². The highest BCUT2D eigenvalue weighted by Crippen LogP contribution is 2.26. The predicted molar refractivity (Wildman–Crippen MR) is 80.4 cm³/mol. The number of nitro groups is 1. The molecule has 0 fully saturated rings. The van der Waals surface area contributed by atoms with E-state index in [0.29, 0.717) is 6.54 Å². The SMILES string of the molecule is CC(CNC(=O)c1cccc(N)c1[N+](=O)[O-])c1nccs1. The van der Waals surface area contributed by atoms with Crippen LogP contribution < -0.4 is 11.1 Å². The molecule has 1 aromatic carbocycles. The number of nitrogens with one attached hydrogen (secondary N) is 1. The molecule has 2 aromatic rings. The summed E-state index contributed by atoms with van der Waals surface area (Å²) in [6, 6.07) is 4.30. The standard InChI is InChI=1S/C13H14N4O3S/c1-8(13-15-5-6-21-13)7-16-12(18)9-3-2-4-10(14)11(9)17(19)20/h2-6,8H,7,14H2,1H3,(H,16,18). The molecule has 0 saturated heterocycles. The number of nitrogens with zero attached hydrogens (tertiary/aromatic N) is 2. The van der Waals surface area contributed by atoms with Crippen molar-refractivity contribution in [3.8, 4) is 0 Å². The zero-order valence-electron chi connectivity index (χ0n) is 11.3. The summed E-state index contributed by atoms with van der Waals surface area (Å²) in [7, 11) is 0. The van der Waals surface area contributed by atoms with E-state index in [1.807, 2.05) is 12.3 Å². The second-order valence-corrected chi connectivity index (χ2v) is 5.41. The molecule has 1 aromatic heterocycles. The quantitative estimate of drug-likeness (QED) is 0.499. The Hall–Kier alpha value is -2.48. The van der Waals surface area contributed by atoms with Gasteiger partial charge in [-0.2, -0.15) is 0 Å². The molecule has 7 nitrogen and oxygen atoms in total. The summed E-state index contributed by atoms with van der Waals surface area (Å²) in [4.78, 5) is 26.6. The van der Waals surface area contributed by atoms with Crippen LogP contribution in [-0.2, 0) is 0 Å². The molecule has 1 atom stereocenters. The molecule has 0 saturated carbocycles. The van der Waals surface area contributed by atoms with Crippen LogP contribution >= 0.6 is 11.3 Å². The molecule has 0 radical (unpaired) electrons. The molecule has 0 aliphatic heterocycles. The second-order valence-electron chi connectivity index (χ2n) is 4.48. The fraction of sp³-hybridized carbons (Fsp3) is 0.231. The number of rotatable bonds is 5. The van der Waals surface area contributed by atoms with E-state index in [2.05, 4.69) is 10.3 Å². The lowest BCUT2D eigenvalue weighted by atomic mass is 10.1. The largest absolute Gasteiger partial charge is 0.393 e. The van der Waals surface area contributed by atoms with Gasteiger partial charge in [-0.05, 0) is 12.1 Å². The molecule has 21 heavy (non-hydrogen) atoms. The molecular weight excluding hydrogens is 292 g/mol. The highest BCUT2D eigenvalue weighted by Gasteiger charge is 2.23. The number of thiazole rings is 1. The van der Waals surface area contributed by atoms with Gasteiger partial charge in [-0.3, -0.25) is 14.9 Å². The van der Waals surface area contributed by atoms with Gasteiger partial charge in [-0.15, -0.1) is 11.3 Å². The van der Waals surface area contributed by atoms with Crippen LogP contribution in [0.1, 0.15) is 28.2 Å². The first-order valence-electron chi connectivity index (χ1n) is 6.21. The van der Waals surface area contributed by atoms with E-state index in [0.717, 1.165) is 5.01 Å². The molecule has 0 bridgehead atoms. The van der Waals surface area contributed by atoms with E-state index >= 15 is 0 Å². The van der Waals surface area contributed by atoms with Gasteiger partial charge in [0.1, 0.15) is 11.3 Å². The van der Waals surface area contributed by atoms with E-state index < -0.39 is 10.8 Å². The number of nitrogens with two attached hydrogens (primary N) is 1. The number of carbonyl (C=O) groups is 1. The predicted octanol–water partition coefficient (Wildman–Crippen LogP) is 2.17. The van der Waals surface area contributed by atoms with Crippen LogP contribution in [0.3, 0.4) is 0 Å². The first-order chi connectivity index (χ1) is 10.0. The summed E-state index contributed by atoms with van der Waals surface area (Å²) in [6.45, 7) is 2.27. The fourth-order valence-corrected chi connectivity index (χ4v) is 2.55. The highest BCUT2D eigenvalue weighted by molar-refractivity contribution is 7.09. The number of hydrogen-bond donors (Lipinski definition) is 2. The van der Waals surface area contributed by atoms with Gasteiger partial charge in [0.25, 0.3) is 5.91 Å². The lowest BCUT2D eigenvalue weighted by molar-refractivity contribution is -0.384. The Balaban J connectivity index is 2.11. The Morgan fingerprint density at radius 3 is 2.95 bits per heavy atom.